The minimum absolute atomic E-state index is 0.274. The molecule has 26 heavy (non-hydrogen) atoms. The maximum absolute atomic E-state index is 12.2. The normalized spacial score (nSPS) is 14.5. The number of rotatable bonds is 12. The Morgan fingerprint density at radius 3 is 2.15 bits per heavy atom. The van der Waals surface area contributed by atoms with Crippen LogP contribution in [0, 0.1) is 0 Å². The average Bonchev–Trinajstić information content (AvgIpc) is 2.57. The summed E-state index contributed by atoms with van der Waals surface area (Å²) in [6, 6.07) is -1.63. The van der Waals surface area contributed by atoms with Crippen LogP contribution in [-0.2, 0) is 9.59 Å². The summed E-state index contributed by atoms with van der Waals surface area (Å²) in [6.07, 6.45) is 9.67. The van der Waals surface area contributed by atoms with Crippen molar-refractivity contribution < 1.29 is 14.7 Å². The van der Waals surface area contributed by atoms with Gasteiger partial charge in [0.05, 0.1) is 6.04 Å². The molecule has 2 atom stereocenters. The zero-order valence-corrected chi connectivity index (χ0v) is 16.6. The van der Waals surface area contributed by atoms with E-state index in [1.807, 2.05) is 6.92 Å². The fraction of sp³-hybridized carbons (Fsp3) is 0.524. The Morgan fingerprint density at radius 2 is 1.65 bits per heavy atom. The van der Waals surface area contributed by atoms with Gasteiger partial charge in [-0.2, -0.15) is 0 Å². The van der Waals surface area contributed by atoms with Gasteiger partial charge in [0, 0.05) is 6.54 Å². The molecule has 5 nitrogen and oxygen atoms in total. The SMILES string of the molecule is C=CC(=C)CCC=C(C)CCC=C(C)CN(C(=O)[C@H](C)N)[C@@H](C)C(=O)O. The minimum Gasteiger partial charge on any atom is -0.480 e. The molecule has 0 saturated carbocycles. The monoisotopic (exact) mass is 362 g/mol. The molecule has 3 N–H and O–H groups in total. The first-order chi connectivity index (χ1) is 12.1. The van der Waals surface area contributed by atoms with E-state index in [9.17, 15) is 14.7 Å². The number of allylic oxidation sites excluding steroid dienone is 5. The van der Waals surface area contributed by atoms with Crippen LogP contribution in [0.5, 0.6) is 0 Å². The van der Waals surface area contributed by atoms with Crippen molar-refractivity contribution in [1.82, 2.24) is 4.90 Å². The van der Waals surface area contributed by atoms with Gasteiger partial charge >= 0.3 is 5.97 Å². The van der Waals surface area contributed by atoms with Gasteiger partial charge in [-0.1, -0.05) is 48.1 Å². The zero-order valence-electron chi connectivity index (χ0n) is 16.6. The van der Waals surface area contributed by atoms with Gasteiger partial charge in [0.25, 0.3) is 0 Å². The molecule has 0 heterocycles. The molecule has 0 spiro atoms. The van der Waals surface area contributed by atoms with Crippen molar-refractivity contribution in [3.63, 3.8) is 0 Å². The topological polar surface area (TPSA) is 83.6 Å². The summed E-state index contributed by atoms with van der Waals surface area (Å²) in [6.45, 7) is 14.9. The van der Waals surface area contributed by atoms with E-state index in [0.29, 0.717) is 0 Å². The number of carbonyl (C=O) groups is 2. The highest BCUT2D eigenvalue weighted by Crippen LogP contribution is 2.13. The molecule has 0 fully saturated rings. The number of hydrogen-bond acceptors (Lipinski definition) is 3. The number of nitrogens with zero attached hydrogens (tertiary/aromatic N) is 1. The Hall–Kier alpha value is -2.14. The van der Waals surface area contributed by atoms with E-state index in [1.54, 1.807) is 13.0 Å². The highest BCUT2D eigenvalue weighted by molar-refractivity contribution is 5.86. The van der Waals surface area contributed by atoms with E-state index in [-0.39, 0.29) is 12.5 Å². The van der Waals surface area contributed by atoms with Crippen LogP contribution >= 0.6 is 0 Å². The molecular weight excluding hydrogens is 328 g/mol. The lowest BCUT2D eigenvalue weighted by Gasteiger charge is -2.28. The highest BCUT2D eigenvalue weighted by Gasteiger charge is 2.27. The molecule has 5 heteroatoms. The van der Waals surface area contributed by atoms with Gasteiger partial charge in [0.2, 0.25) is 5.91 Å². The van der Waals surface area contributed by atoms with Gasteiger partial charge in [-0.15, -0.1) is 0 Å². The van der Waals surface area contributed by atoms with Crippen molar-refractivity contribution in [3.8, 4) is 0 Å². The largest absolute Gasteiger partial charge is 0.480 e. The Kier molecular flexibility index (Phi) is 11.2. The molecule has 0 aliphatic heterocycles. The summed E-state index contributed by atoms with van der Waals surface area (Å²) in [5, 5.41) is 9.21. The van der Waals surface area contributed by atoms with Gasteiger partial charge in [-0.05, 0) is 53.4 Å². The van der Waals surface area contributed by atoms with E-state index in [2.05, 4.69) is 32.2 Å². The number of carboxylic acid groups (broad SMARTS) is 1. The van der Waals surface area contributed by atoms with Crippen LogP contribution in [0.2, 0.25) is 0 Å². The number of aliphatic carboxylic acids is 1. The van der Waals surface area contributed by atoms with Crippen LogP contribution in [0.3, 0.4) is 0 Å². The number of nitrogens with two attached hydrogens (primary N) is 1. The summed E-state index contributed by atoms with van der Waals surface area (Å²) in [5.41, 5.74) is 8.94. The second-order valence-corrected chi connectivity index (χ2v) is 6.81. The van der Waals surface area contributed by atoms with Crippen molar-refractivity contribution in [3.05, 3.63) is 48.1 Å². The quantitative estimate of drug-likeness (QED) is 0.408. The molecule has 0 aromatic rings. The van der Waals surface area contributed by atoms with E-state index in [4.69, 9.17) is 5.73 Å². The first-order valence-corrected chi connectivity index (χ1v) is 9.00. The third-order valence-corrected chi connectivity index (χ3v) is 4.20. The lowest BCUT2D eigenvalue weighted by Crippen LogP contribution is -2.50. The summed E-state index contributed by atoms with van der Waals surface area (Å²) < 4.78 is 0. The second kappa shape index (κ2) is 12.3. The highest BCUT2D eigenvalue weighted by atomic mass is 16.4. The third kappa shape index (κ3) is 9.37. The number of amides is 1. The van der Waals surface area contributed by atoms with Crippen molar-refractivity contribution in [1.29, 1.82) is 0 Å². The Bertz CT molecular complexity index is 574. The summed E-state index contributed by atoms with van der Waals surface area (Å²) in [5.74, 6) is -1.39. The standard InChI is InChI=1S/C21H34N2O3/c1-7-15(2)10-8-11-16(3)12-9-13-17(4)14-23(19(6)21(25)26)20(24)18(5)22/h7,11,13,18-19H,1-2,8-10,12,14,22H2,3-6H3,(H,25,26)/t18-,19-/m0/s1. The molecule has 146 valence electrons. The van der Waals surface area contributed by atoms with Gasteiger partial charge in [-0.3, -0.25) is 4.79 Å². The lowest BCUT2D eigenvalue weighted by molar-refractivity contribution is -0.149. The van der Waals surface area contributed by atoms with Gasteiger partial charge in [-0.25, -0.2) is 4.79 Å². The van der Waals surface area contributed by atoms with Crippen molar-refractivity contribution in [2.24, 2.45) is 5.73 Å². The molecule has 1 amide bonds. The fourth-order valence-corrected chi connectivity index (χ4v) is 2.39. The van der Waals surface area contributed by atoms with E-state index >= 15 is 0 Å². The van der Waals surface area contributed by atoms with E-state index < -0.39 is 18.1 Å². The molecule has 0 aliphatic rings. The van der Waals surface area contributed by atoms with Gasteiger partial charge in [0.15, 0.2) is 0 Å². The van der Waals surface area contributed by atoms with E-state index in [1.165, 1.54) is 17.4 Å². The molecule has 0 aromatic heterocycles. The fourth-order valence-electron chi connectivity index (χ4n) is 2.39. The molecule has 0 aliphatic carbocycles. The van der Waals surface area contributed by atoms with Crippen LogP contribution in [0.4, 0.5) is 0 Å². The van der Waals surface area contributed by atoms with Crippen LogP contribution in [0.1, 0.15) is 53.4 Å². The predicted octanol–water partition coefficient (Wildman–Crippen LogP) is 3.83. The molecule has 0 rings (SSSR count). The molecule has 0 radical (unpaired) electrons. The van der Waals surface area contributed by atoms with Crippen LogP contribution in [0.25, 0.3) is 0 Å². The summed E-state index contributed by atoms with van der Waals surface area (Å²) in [7, 11) is 0. The van der Waals surface area contributed by atoms with Crippen molar-refractivity contribution >= 4 is 11.9 Å². The molecular formula is C21H34N2O3. The summed E-state index contributed by atoms with van der Waals surface area (Å²) >= 11 is 0. The maximum atomic E-state index is 12.2. The number of carboxylic acids is 1. The van der Waals surface area contributed by atoms with Crippen LogP contribution in [0.15, 0.2) is 48.1 Å². The summed E-state index contributed by atoms with van der Waals surface area (Å²) in [4.78, 5) is 24.8. The predicted molar refractivity (Wildman–Crippen MR) is 108 cm³/mol. The Labute approximate surface area is 157 Å². The number of carbonyl (C=O) groups excluding carboxylic acids is 1. The minimum atomic E-state index is -1.04. The third-order valence-electron chi connectivity index (χ3n) is 4.20. The van der Waals surface area contributed by atoms with Crippen molar-refractivity contribution in [2.45, 2.75) is 65.5 Å². The van der Waals surface area contributed by atoms with Crippen LogP contribution in [-0.4, -0.2) is 40.5 Å². The second-order valence-electron chi connectivity index (χ2n) is 6.81. The average molecular weight is 363 g/mol. The zero-order chi connectivity index (χ0) is 20.3. The van der Waals surface area contributed by atoms with E-state index in [0.717, 1.165) is 36.8 Å². The van der Waals surface area contributed by atoms with Gasteiger partial charge < -0.3 is 15.7 Å². The van der Waals surface area contributed by atoms with Gasteiger partial charge in [0.1, 0.15) is 6.04 Å². The molecule has 0 saturated heterocycles. The maximum Gasteiger partial charge on any atom is 0.326 e. The molecule has 0 aromatic carbocycles. The lowest BCUT2D eigenvalue weighted by atomic mass is 10.1. The first-order valence-electron chi connectivity index (χ1n) is 9.00. The Morgan fingerprint density at radius 1 is 1.12 bits per heavy atom. The smallest absolute Gasteiger partial charge is 0.326 e. The molecule has 0 bridgehead atoms. The number of hydrogen-bond donors (Lipinski definition) is 2. The van der Waals surface area contributed by atoms with Crippen LogP contribution < -0.4 is 5.73 Å². The van der Waals surface area contributed by atoms with Crippen molar-refractivity contribution in [2.75, 3.05) is 6.54 Å². The first kappa shape index (κ1) is 23.9. The Balaban J connectivity index is 4.69. The molecule has 0 unspecified atom stereocenters.